The Bertz CT molecular complexity index is 702. The topological polar surface area (TPSA) is 41.1 Å². The van der Waals surface area contributed by atoms with Gasteiger partial charge < -0.3 is 10.6 Å². The predicted molar refractivity (Wildman–Crippen MR) is 80.3 cm³/mol. The number of hydrogen-bond acceptors (Lipinski definition) is 2. The minimum Gasteiger partial charge on any atom is -0.369 e. The van der Waals surface area contributed by atoms with Crippen molar-refractivity contribution in [3.05, 3.63) is 57.8 Å². The summed E-state index contributed by atoms with van der Waals surface area (Å²) in [4.78, 5) is 12.0. The van der Waals surface area contributed by atoms with Crippen LogP contribution in [-0.4, -0.2) is 5.91 Å². The van der Waals surface area contributed by atoms with Crippen molar-refractivity contribution in [1.29, 1.82) is 0 Å². The van der Waals surface area contributed by atoms with Crippen LogP contribution < -0.4 is 10.6 Å². The number of carbonyl (C=O) groups excluding carboxylic acids is 1. The fraction of sp³-hybridized carbons (Fsp3) is 0.133. The Morgan fingerprint density at radius 2 is 2.05 bits per heavy atom. The molecule has 0 aliphatic carbocycles. The number of carbonyl (C=O) groups is 1. The number of rotatable bonds is 2. The van der Waals surface area contributed by atoms with Crippen molar-refractivity contribution in [2.75, 3.05) is 10.6 Å². The molecule has 1 unspecified atom stereocenters. The number of halogens is 2. The van der Waals surface area contributed by atoms with Gasteiger partial charge in [-0.25, -0.2) is 4.39 Å². The van der Waals surface area contributed by atoms with Crippen LogP contribution in [0.3, 0.4) is 0 Å². The summed E-state index contributed by atoms with van der Waals surface area (Å²) in [5.74, 6) is -0.542. The van der Waals surface area contributed by atoms with Gasteiger partial charge in [-0.2, -0.15) is 0 Å². The van der Waals surface area contributed by atoms with E-state index in [0.717, 1.165) is 21.3 Å². The van der Waals surface area contributed by atoms with Crippen molar-refractivity contribution in [1.82, 2.24) is 0 Å². The molecule has 2 aromatic rings. The van der Waals surface area contributed by atoms with Crippen LogP contribution in [-0.2, 0) is 4.79 Å². The zero-order chi connectivity index (χ0) is 14.3. The third-order valence-corrected chi connectivity index (χ3v) is 3.93. The lowest BCUT2D eigenvalue weighted by atomic mass is 10.1. The standard InChI is InChI=1S/C15H12BrFN2O/c1-8-2-5-12(11(16)6-8)18-14-10-4-3-9(17)7-13(10)19-15(14)20/h2-7,14,18H,1H3,(H,19,20). The maximum atomic E-state index is 13.2. The maximum Gasteiger partial charge on any atom is 0.251 e. The van der Waals surface area contributed by atoms with Crippen molar-refractivity contribution in [2.24, 2.45) is 0 Å². The number of nitrogens with one attached hydrogen (secondary N) is 2. The van der Waals surface area contributed by atoms with E-state index in [2.05, 4.69) is 26.6 Å². The molecule has 3 rings (SSSR count). The Balaban J connectivity index is 1.94. The lowest BCUT2D eigenvalue weighted by Crippen LogP contribution is -2.19. The van der Waals surface area contributed by atoms with E-state index < -0.39 is 6.04 Å². The molecule has 0 saturated heterocycles. The first-order valence-corrected chi connectivity index (χ1v) is 6.97. The summed E-state index contributed by atoms with van der Waals surface area (Å²) in [7, 11) is 0. The van der Waals surface area contributed by atoms with E-state index in [4.69, 9.17) is 0 Å². The van der Waals surface area contributed by atoms with E-state index in [1.807, 2.05) is 25.1 Å². The molecular weight excluding hydrogens is 323 g/mol. The minimum absolute atomic E-state index is 0.182. The fourth-order valence-corrected chi connectivity index (χ4v) is 2.88. The van der Waals surface area contributed by atoms with Crippen LogP contribution in [0.4, 0.5) is 15.8 Å². The van der Waals surface area contributed by atoms with E-state index >= 15 is 0 Å². The van der Waals surface area contributed by atoms with Crippen LogP contribution in [0.1, 0.15) is 17.2 Å². The zero-order valence-electron chi connectivity index (χ0n) is 10.7. The van der Waals surface area contributed by atoms with Gasteiger partial charge >= 0.3 is 0 Å². The maximum absolute atomic E-state index is 13.2. The molecule has 5 heteroatoms. The first kappa shape index (κ1) is 13.1. The van der Waals surface area contributed by atoms with E-state index in [-0.39, 0.29) is 11.7 Å². The molecule has 2 aromatic carbocycles. The molecule has 0 saturated carbocycles. The monoisotopic (exact) mass is 334 g/mol. The van der Waals surface area contributed by atoms with Crippen molar-refractivity contribution >= 4 is 33.2 Å². The largest absolute Gasteiger partial charge is 0.369 e. The second-order valence-electron chi connectivity index (χ2n) is 4.78. The summed E-state index contributed by atoms with van der Waals surface area (Å²) in [5, 5.41) is 5.86. The molecule has 1 amide bonds. The predicted octanol–water partition coefficient (Wildman–Crippen LogP) is 4.00. The Kier molecular flexibility index (Phi) is 3.22. The van der Waals surface area contributed by atoms with Gasteiger partial charge in [0, 0.05) is 21.4 Å². The summed E-state index contributed by atoms with van der Waals surface area (Å²) < 4.78 is 14.1. The van der Waals surface area contributed by atoms with Gasteiger partial charge in [0.25, 0.3) is 5.91 Å². The number of amides is 1. The molecular formula is C15H12BrFN2O. The van der Waals surface area contributed by atoms with Crippen LogP contribution in [0.15, 0.2) is 40.9 Å². The summed E-state index contributed by atoms with van der Waals surface area (Å²) in [6.45, 7) is 1.99. The second-order valence-corrected chi connectivity index (χ2v) is 5.64. The van der Waals surface area contributed by atoms with Crippen LogP contribution in [0.2, 0.25) is 0 Å². The highest BCUT2D eigenvalue weighted by molar-refractivity contribution is 9.10. The van der Waals surface area contributed by atoms with Gasteiger partial charge in [-0.1, -0.05) is 12.1 Å². The van der Waals surface area contributed by atoms with Crippen LogP contribution in [0.25, 0.3) is 0 Å². The van der Waals surface area contributed by atoms with Crippen LogP contribution in [0.5, 0.6) is 0 Å². The van der Waals surface area contributed by atoms with Crippen molar-refractivity contribution < 1.29 is 9.18 Å². The van der Waals surface area contributed by atoms with Crippen LogP contribution >= 0.6 is 15.9 Å². The van der Waals surface area contributed by atoms with Gasteiger partial charge in [0.05, 0.1) is 0 Å². The quantitative estimate of drug-likeness (QED) is 0.871. The number of benzene rings is 2. The molecule has 2 N–H and O–H groups in total. The number of anilines is 2. The molecule has 3 nitrogen and oxygen atoms in total. The summed E-state index contributed by atoms with van der Waals surface area (Å²) >= 11 is 3.47. The normalized spacial score (nSPS) is 16.8. The average molecular weight is 335 g/mol. The molecule has 1 aliphatic heterocycles. The number of hydrogen-bond donors (Lipinski definition) is 2. The number of aryl methyl sites for hydroxylation is 1. The highest BCUT2D eigenvalue weighted by Crippen LogP contribution is 2.35. The van der Waals surface area contributed by atoms with Gasteiger partial charge in [0.15, 0.2) is 0 Å². The lowest BCUT2D eigenvalue weighted by molar-refractivity contribution is -0.116. The zero-order valence-corrected chi connectivity index (χ0v) is 12.3. The average Bonchev–Trinajstić information content (AvgIpc) is 2.68. The van der Waals surface area contributed by atoms with Crippen molar-refractivity contribution in [3.63, 3.8) is 0 Å². The second kappa shape index (κ2) is 4.90. The van der Waals surface area contributed by atoms with Crippen molar-refractivity contribution in [3.8, 4) is 0 Å². The lowest BCUT2D eigenvalue weighted by Gasteiger charge is -2.14. The molecule has 0 aromatic heterocycles. The molecule has 0 bridgehead atoms. The Hall–Kier alpha value is -1.88. The van der Waals surface area contributed by atoms with Crippen LogP contribution in [0, 0.1) is 12.7 Å². The van der Waals surface area contributed by atoms with E-state index in [1.54, 1.807) is 6.07 Å². The highest BCUT2D eigenvalue weighted by Gasteiger charge is 2.30. The summed E-state index contributed by atoms with van der Waals surface area (Å²) in [5.41, 5.74) is 3.23. The Morgan fingerprint density at radius 1 is 1.25 bits per heavy atom. The first-order valence-electron chi connectivity index (χ1n) is 6.17. The van der Waals surface area contributed by atoms with Gasteiger partial charge in [-0.15, -0.1) is 0 Å². The summed E-state index contributed by atoms with van der Waals surface area (Å²) in [6.07, 6.45) is 0. The highest BCUT2D eigenvalue weighted by atomic mass is 79.9. The molecule has 20 heavy (non-hydrogen) atoms. The first-order chi connectivity index (χ1) is 9.54. The molecule has 0 radical (unpaired) electrons. The van der Waals surface area contributed by atoms with E-state index in [9.17, 15) is 9.18 Å². The molecule has 0 fully saturated rings. The molecule has 0 spiro atoms. The fourth-order valence-electron chi connectivity index (χ4n) is 2.27. The van der Waals surface area contributed by atoms with E-state index in [0.29, 0.717) is 5.69 Å². The molecule has 1 atom stereocenters. The van der Waals surface area contributed by atoms with Gasteiger partial charge in [-0.05, 0) is 52.7 Å². The Labute approximate surface area is 124 Å². The molecule has 1 aliphatic rings. The third kappa shape index (κ3) is 2.29. The minimum atomic E-state index is -0.510. The third-order valence-electron chi connectivity index (χ3n) is 3.27. The van der Waals surface area contributed by atoms with E-state index in [1.165, 1.54) is 12.1 Å². The summed E-state index contributed by atoms with van der Waals surface area (Å²) in [6, 6.07) is 9.66. The van der Waals surface area contributed by atoms with Gasteiger partial charge in [0.1, 0.15) is 11.9 Å². The smallest absolute Gasteiger partial charge is 0.251 e. The number of fused-ring (bicyclic) bond motifs is 1. The van der Waals surface area contributed by atoms with Crippen molar-refractivity contribution in [2.45, 2.75) is 13.0 Å². The van der Waals surface area contributed by atoms with Gasteiger partial charge in [-0.3, -0.25) is 4.79 Å². The molecule has 102 valence electrons. The van der Waals surface area contributed by atoms with Gasteiger partial charge in [0.2, 0.25) is 0 Å². The SMILES string of the molecule is Cc1ccc(NC2C(=O)Nc3cc(F)ccc32)c(Br)c1. The molecule has 1 heterocycles. The Morgan fingerprint density at radius 3 is 2.80 bits per heavy atom.